The molecule has 0 spiro atoms. The van der Waals surface area contributed by atoms with E-state index in [2.05, 4.69) is 35.6 Å². The minimum absolute atomic E-state index is 0.0334. The number of carbonyl (C=O) groups is 1. The Bertz CT molecular complexity index is 958. The van der Waals surface area contributed by atoms with Crippen molar-refractivity contribution in [1.82, 2.24) is 5.32 Å². The van der Waals surface area contributed by atoms with Gasteiger partial charge in [-0.1, -0.05) is 55.5 Å². The summed E-state index contributed by atoms with van der Waals surface area (Å²) in [7, 11) is 1.64. The minimum atomic E-state index is -0.0621. The van der Waals surface area contributed by atoms with Gasteiger partial charge in [0.1, 0.15) is 5.75 Å². The van der Waals surface area contributed by atoms with Crippen molar-refractivity contribution in [3.63, 3.8) is 0 Å². The third-order valence-electron chi connectivity index (χ3n) is 4.75. The fraction of sp³-hybridized carbons (Fsp3) is 0.208. The summed E-state index contributed by atoms with van der Waals surface area (Å²) in [5.74, 6) is 0.772. The molecule has 3 heteroatoms. The molecule has 1 amide bonds. The zero-order chi connectivity index (χ0) is 19.2. The van der Waals surface area contributed by atoms with E-state index in [-0.39, 0.29) is 11.9 Å². The van der Waals surface area contributed by atoms with Crippen LogP contribution >= 0.6 is 0 Å². The highest BCUT2D eigenvalue weighted by molar-refractivity contribution is 5.98. The number of amides is 1. The monoisotopic (exact) mass is 359 g/mol. The van der Waals surface area contributed by atoms with Crippen LogP contribution in [0.15, 0.2) is 72.3 Å². The molecule has 3 aromatic carbocycles. The van der Waals surface area contributed by atoms with Gasteiger partial charge in [-0.3, -0.25) is 4.79 Å². The SMILES string of the molecule is CC/C(=C\c1ccc(OC)cc1)C(=O)N[C@@H](C)c1ccc2ccccc2c1. The minimum Gasteiger partial charge on any atom is -0.497 e. The van der Waals surface area contributed by atoms with Crippen LogP contribution in [0.2, 0.25) is 0 Å². The molecule has 0 unspecified atom stereocenters. The van der Waals surface area contributed by atoms with Crippen LogP contribution in [0.3, 0.4) is 0 Å². The molecule has 27 heavy (non-hydrogen) atoms. The van der Waals surface area contributed by atoms with Gasteiger partial charge in [-0.15, -0.1) is 0 Å². The fourth-order valence-corrected chi connectivity index (χ4v) is 3.08. The topological polar surface area (TPSA) is 38.3 Å². The molecule has 3 aromatic rings. The molecule has 0 saturated carbocycles. The standard InChI is InChI=1S/C24H25NO2/c1-4-19(15-18-9-13-23(27-3)14-10-18)24(26)25-17(2)21-12-11-20-7-5-6-8-22(20)16-21/h5-17H,4H2,1-3H3,(H,25,26)/b19-15+/t17-/m0/s1. The maximum Gasteiger partial charge on any atom is 0.247 e. The molecule has 0 heterocycles. The molecule has 0 aromatic heterocycles. The summed E-state index contributed by atoms with van der Waals surface area (Å²) in [6.07, 6.45) is 2.60. The predicted octanol–water partition coefficient (Wildman–Crippen LogP) is 5.52. The van der Waals surface area contributed by atoms with Crippen molar-refractivity contribution in [3.05, 3.63) is 83.4 Å². The second kappa shape index (κ2) is 8.54. The number of rotatable bonds is 6. The van der Waals surface area contributed by atoms with Gasteiger partial charge in [-0.25, -0.2) is 0 Å². The maximum absolute atomic E-state index is 12.7. The Morgan fingerprint density at radius 2 is 1.74 bits per heavy atom. The lowest BCUT2D eigenvalue weighted by atomic mass is 10.0. The Morgan fingerprint density at radius 3 is 2.41 bits per heavy atom. The molecular formula is C24H25NO2. The Kier molecular flexibility index (Phi) is 5.92. The molecule has 1 atom stereocenters. The molecule has 0 aliphatic rings. The van der Waals surface area contributed by atoms with Crippen LogP contribution in [-0.4, -0.2) is 13.0 Å². The van der Waals surface area contributed by atoms with E-state index in [1.165, 1.54) is 10.8 Å². The largest absolute Gasteiger partial charge is 0.497 e. The van der Waals surface area contributed by atoms with Gasteiger partial charge >= 0.3 is 0 Å². The summed E-state index contributed by atoms with van der Waals surface area (Å²) in [4.78, 5) is 12.7. The van der Waals surface area contributed by atoms with Crippen molar-refractivity contribution in [3.8, 4) is 5.75 Å². The van der Waals surface area contributed by atoms with E-state index in [1.807, 2.05) is 56.3 Å². The van der Waals surface area contributed by atoms with Crippen LogP contribution in [0.5, 0.6) is 5.75 Å². The van der Waals surface area contributed by atoms with Crippen molar-refractivity contribution in [2.45, 2.75) is 26.3 Å². The Hall–Kier alpha value is -3.07. The highest BCUT2D eigenvalue weighted by Crippen LogP contribution is 2.21. The van der Waals surface area contributed by atoms with Crippen LogP contribution in [0.25, 0.3) is 16.8 Å². The van der Waals surface area contributed by atoms with Crippen molar-refractivity contribution in [1.29, 1.82) is 0 Å². The summed E-state index contributed by atoms with van der Waals surface area (Å²) in [6.45, 7) is 4.01. The Labute approximate surface area is 160 Å². The lowest BCUT2D eigenvalue weighted by molar-refractivity contribution is -0.118. The van der Waals surface area contributed by atoms with Crippen LogP contribution < -0.4 is 10.1 Å². The van der Waals surface area contributed by atoms with Gasteiger partial charge in [0.2, 0.25) is 5.91 Å². The van der Waals surface area contributed by atoms with Crippen LogP contribution in [0, 0.1) is 0 Å². The third-order valence-corrected chi connectivity index (χ3v) is 4.75. The lowest BCUT2D eigenvalue weighted by Crippen LogP contribution is -2.27. The summed E-state index contributed by atoms with van der Waals surface area (Å²) >= 11 is 0. The summed E-state index contributed by atoms with van der Waals surface area (Å²) < 4.78 is 5.18. The molecule has 1 N–H and O–H groups in total. The molecule has 3 nitrogen and oxygen atoms in total. The van der Waals surface area contributed by atoms with Gasteiger partial charge in [0, 0.05) is 5.57 Å². The molecule has 0 saturated heterocycles. The average molecular weight is 359 g/mol. The second-order valence-electron chi connectivity index (χ2n) is 6.60. The maximum atomic E-state index is 12.7. The van der Waals surface area contributed by atoms with E-state index < -0.39 is 0 Å². The number of methoxy groups -OCH3 is 1. The molecule has 138 valence electrons. The number of fused-ring (bicyclic) bond motifs is 1. The zero-order valence-corrected chi connectivity index (χ0v) is 16.0. The quantitative estimate of drug-likeness (QED) is 0.589. The van der Waals surface area contributed by atoms with Gasteiger partial charge in [0.05, 0.1) is 13.2 Å². The van der Waals surface area contributed by atoms with Crippen molar-refractivity contribution < 1.29 is 9.53 Å². The van der Waals surface area contributed by atoms with Crippen LogP contribution in [0.4, 0.5) is 0 Å². The van der Waals surface area contributed by atoms with Crippen molar-refractivity contribution >= 4 is 22.8 Å². The normalized spacial score (nSPS) is 12.6. The summed E-state index contributed by atoms with van der Waals surface area (Å²) in [5.41, 5.74) is 2.84. The van der Waals surface area contributed by atoms with Gasteiger partial charge in [0.25, 0.3) is 0 Å². The summed E-state index contributed by atoms with van der Waals surface area (Å²) in [5, 5.41) is 5.51. The van der Waals surface area contributed by atoms with E-state index in [1.54, 1.807) is 7.11 Å². The molecule has 0 radical (unpaired) electrons. The fourth-order valence-electron chi connectivity index (χ4n) is 3.08. The highest BCUT2D eigenvalue weighted by Gasteiger charge is 2.13. The predicted molar refractivity (Wildman–Crippen MR) is 112 cm³/mol. The molecule has 0 aliphatic carbocycles. The lowest BCUT2D eigenvalue weighted by Gasteiger charge is -2.16. The van der Waals surface area contributed by atoms with E-state index >= 15 is 0 Å². The molecule has 0 aliphatic heterocycles. The average Bonchev–Trinajstić information content (AvgIpc) is 2.71. The number of nitrogens with one attached hydrogen (secondary N) is 1. The molecule has 0 bridgehead atoms. The smallest absolute Gasteiger partial charge is 0.247 e. The second-order valence-corrected chi connectivity index (χ2v) is 6.60. The van der Waals surface area contributed by atoms with Crippen LogP contribution in [-0.2, 0) is 4.79 Å². The number of hydrogen-bond acceptors (Lipinski definition) is 2. The van der Waals surface area contributed by atoms with E-state index in [4.69, 9.17) is 4.74 Å². The van der Waals surface area contributed by atoms with Gasteiger partial charge in [-0.2, -0.15) is 0 Å². The van der Waals surface area contributed by atoms with E-state index in [0.29, 0.717) is 6.42 Å². The Balaban J connectivity index is 1.75. The van der Waals surface area contributed by atoms with E-state index in [0.717, 1.165) is 22.4 Å². The first-order valence-electron chi connectivity index (χ1n) is 9.25. The van der Waals surface area contributed by atoms with Crippen molar-refractivity contribution in [2.75, 3.05) is 7.11 Å². The number of ether oxygens (including phenoxy) is 1. The number of benzene rings is 3. The first-order valence-corrected chi connectivity index (χ1v) is 9.25. The first-order chi connectivity index (χ1) is 13.1. The highest BCUT2D eigenvalue weighted by atomic mass is 16.5. The van der Waals surface area contributed by atoms with Gasteiger partial charge < -0.3 is 10.1 Å². The van der Waals surface area contributed by atoms with E-state index in [9.17, 15) is 4.79 Å². The van der Waals surface area contributed by atoms with Gasteiger partial charge in [-0.05, 0) is 59.5 Å². The van der Waals surface area contributed by atoms with Gasteiger partial charge in [0.15, 0.2) is 0 Å². The first kappa shape index (κ1) is 18.7. The molecule has 0 fully saturated rings. The summed E-state index contributed by atoms with van der Waals surface area (Å²) in [6, 6.07) is 22.2. The van der Waals surface area contributed by atoms with Crippen LogP contribution in [0.1, 0.15) is 37.4 Å². The van der Waals surface area contributed by atoms with Crippen molar-refractivity contribution in [2.24, 2.45) is 0 Å². The number of hydrogen-bond donors (Lipinski definition) is 1. The molecular weight excluding hydrogens is 334 g/mol. The third kappa shape index (κ3) is 4.56. The zero-order valence-electron chi connectivity index (χ0n) is 16.0. The Morgan fingerprint density at radius 1 is 1.04 bits per heavy atom. The molecule has 3 rings (SSSR count). The number of carbonyl (C=O) groups excluding carboxylic acids is 1.